The lowest BCUT2D eigenvalue weighted by atomic mass is 10.3. The minimum absolute atomic E-state index is 0.107. The van der Waals surface area contributed by atoms with Crippen molar-refractivity contribution >= 4 is 34.9 Å². The second-order valence-corrected chi connectivity index (χ2v) is 6.86. The van der Waals surface area contributed by atoms with Crippen LogP contribution in [0.1, 0.15) is 15.5 Å². The zero-order valence-corrected chi connectivity index (χ0v) is 14.9. The fourth-order valence-corrected chi connectivity index (χ4v) is 3.49. The lowest BCUT2D eigenvalue weighted by molar-refractivity contribution is -0.119. The zero-order chi connectivity index (χ0) is 17.6. The van der Waals surface area contributed by atoms with E-state index in [1.807, 2.05) is 41.8 Å². The predicted octanol–water partition coefficient (Wildman–Crippen LogP) is 2.19. The normalized spacial score (nSPS) is 10.4. The summed E-state index contributed by atoms with van der Waals surface area (Å²) in [5.74, 6) is 0.183. The molecule has 9 heteroatoms. The van der Waals surface area contributed by atoms with Crippen molar-refractivity contribution in [2.24, 2.45) is 0 Å². The van der Waals surface area contributed by atoms with Gasteiger partial charge in [-0.05, 0) is 30.5 Å². The van der Waals surface area contributed by atoms with Gasteiger partial charge in [0.15, 0.2) is 5.16 Å². The molecule has 7 nitrogen and oxygen atoms in total. The maximum absolute atomic E-state index is 11.9. The molecule has 0 aliphatic rings. The lowest BCUT2D eigenvalue weighted by Crippen LogP contribution is -2.42. The molecule has 1 aromatic carbocycles. The smallest absolute Gasteiger partial charge is 0.274 e. The van der Waals surface area contributed by atoms with Crippen molar-refractivity contribution in [2.75, 3.05) is 5.75 Å². The summed E-state index contributed by atoms with van der Waals surface area (Å²) < 4.78 is 1.88. The molecule has 3 aromatic rings. The molecule has 0 aliphatic carbocycles. The summed E-state index contributed by atoms with van der Waals surface area (Å²) in [4.78, 5) is 24.3. The van der Waals surface area contributed by atoms with Crippen LogP contribution in [0.5, 0.6) is 0 Å². The Hall–Kier alpha value is -2.65. The van der Waals surface area contributed by atoms with Crippen molar-refractivity contribution in [3.05, 3.63) is 58.5 Å². The van der Waals surface area contributed by atoms with Crippen LogP contribution in [0.2, 0.25) is 0 Å². The number of amides is 2. The van der Waals surface area contributed by atoms with Crippen LogP contribution in [0.3, 0.4) is 0 Å². The highest BCUT2D eigenvalue weighted by atomic mass is 32.2. The van der Waals surface area contributed by atoms with Crippen LogP contribution < -0.4 is 10.9 Å². The predicted molar refractivity (Wildman–Crippen MR) is 96.7 cm³/mol. The topological polar surface area (TPSA) is 88.9 Å². The van der Waals surface area contributed by atoms with Gasteiger partial charge >= 0.3 is 0 Å². The summed E-state index contributed by atoms with van der Waals surface area (Å²) in [5.41, 5.74) is 5.71. The number of thioether (sulfide) groups is 1. The van der Waals surface area contributed by atoms with Crippen LogP contribution in [0.15, 0.2) is 53.0 Å². The van der Waals surface area contributed by atoms with E-state index in [4.69, 9.17) is 0 Å². The zero-order valence-electron chi connectivity index (χ0n) is 13.3. The first-order valence-electron chi connectivity index (χ1n) is 7.38. The number of para-hydroxylation sites is 1. The average Bonchev–Trinajstić information content (AvgIpc) is 3.28. The van der Waals surface area contributed by atoms with Crippen LogP contribution in [0.4, 0.5) is 0 Å². The Morgan fingerprint density at radius 2 is 1.92 bits per heavy atom. The van der Waals surface area contributed by atoms with Gasteiger partial charge in [-0.15, -0.1) is 21.5 Å². The second kappa shape index (κ2) is 7.95. The molecule has 0 bridgehead atoms. The number of carbonyl (C=O) groups excluding carboxylic acids is 2. The Kier molecular flexibility index (Phi) is 5.46. The highest BCUT2D eigenvalue weighted by Crippen LogP contribution is 2.21. The molecule has 2 N–H and O–H groups in total. The second-order valence-electron chi connectivity index (χ2n) is 4.97. The molecule has 2 heterocycles. The largest absolute Gasteiger partial charge is 0.279 e. The first-order valence-corrected chi connectivity index (χ1v) is 9.24. The van der Waals surface area contributed by atoms with Crippen molar-refractivity contribution in [1.82, 2.24) is 25.6 Å². The number of hydrogen-bond donors (Lipinski definition) is 2. The minimum Gasteiger partial charge on any atom is -0.274 e. The molecule has 0 unspecified atom stereocenters. The van der Waals surface area contributed by atoms with Gasteiger partial charge in [-0.2, -0.15) is 0 Å². The van der Waals surface area contributed by atoms with Gasteiger partial charge in [-0.25, -0.2) is 0 Å². The van der Waals surface area contributed by atoms with Crippen molar-refractivity contribution in [3.63, 3.8) is 0 Å². The molecule has 0 saturated heterocycles. The molecule has 0 saturated carbocycles. The number of nitrogens with one attached hydrogen (secondary N) is 2. The summed E-state index contributed by atoms with van der Waals surface area (Å²) >= 11 is 2.55. The van der Waals surface area contributed by atoms with E-state index in [1.165, 1.54) is 23.1 Å². The average molecular weight is 373 g/mol. The Bertz CT molecular complexity index is 862. The van der Waals surface area contributed by atoms with Crippen LogP contribution in [-0.4, -0.2) is 32.3 Å². The molecule has 0 aliphatic heterocycles. The van der Waals surface area contributed by atoms with Gasteiger partial charge in [0.1, 0.15) is 5.82 Å². The molecule has 0 atom stereocenters. The van der Waals surface area contributed by atoms with Gasteiger partial charge in [0.05, 0.1) is 10.6 Å². The van der Waals surface area contributed by atoms with Crippen LogP contribution in [0, 0.1) is 6.92 Å². The van der Waals surface area contributed by atoms with Gasteiger partial charge < -0.3 is 0 Å². The van der Waals surface area contributed by atoms with E-state index in [1.54, 1.807) is 17.5 Å². The minimum atomic E-state index is -0.336. The molecule has 2 aromatic heterocycles. The third-order valence-corrected chi connectivity index (χ3v) is 5.00. The van der Waals surface area contributed by atoms with Crippen molar-refractivity contribution in [2.45, 2.75) is 12.1 Å². The van der Waals surface area contributed by atoms with E-state index in [0.29, 0.717) is 10.0 Å². The first kappa shape index (κ1) is 17.2. The molecular weight excluding hydrogens is 358 g/mol. The van der Waals surface area contributed by atoms with Gasteiger partial charge in [-0.3, -0.25) is 25.0 Å². The summed E-state index contributed by atoms with van der Waals surface area (Å²) in [6, 6.07) is 13.1. The molecule has 3 rings (SSSR count). The highest BCUT2D eigenvalue weighted by molar-refractivity contribution is 7.99. The van der Waals surface area contributed by atoms with Gasteiger partial charge in [0.25, 0.3) is 5.91 Å². The third-order valence-electron chi connectivity index (χ3n) is 3.20. The van der Waals surface area contributed by atoms with Crippen molar-refractivity contribution in [1.29, 1.82) is 0 Å². The number of hydrogen-bond acceptors (Lipinski definition) is 6. The highest BCUT2D eigenvalue weighted by Gasteiger charge is 2.14. The van der Waals surface area contributed by atoms with Gasteiger partial charge in [0, 0.05) is 5.69 Å². The van der Waals surface area contributed by atoms with E-state index in [2.05, 4.69) is 21.0 Å². The number of aryl methyl sites for hydroxylation is 1. The Morgan fingerprint density at radius 1 is 1.12 bits per heavy atom. The number of rotatable bonds is 5. The number of benzene rings is 1. The summed E-state index contributed by atoms with van der Waals surface area (Å²) in [7, 11) is 0. The number of hydrazine groups is 1. The summed E-state index contributed by atoms with van der Waals surface area (Å²) in [6.07, 6.45) is 0. The van der Waals surface area contributed by atoms with Crippen molar-refractivity contribution < 1.29 is 9.59 Å². The van der Waals surface area contributed by atoms with E-state index >= 15 is 0 Å². The van der Waals surface area contributed by atoms with Gasteiger partial charge in [0.2, 0.25) is 5.91 Å². The quantitative estimate of drug-likeness (QED) is 0.529. The van der Waals surface area contributed by atoms with Crippen LogP contribution in [-0.2, 0) is 4.79 Å². The molecule has 0 fully saturated rings. The molecule has 0 spiro atoms. The summed E-state index contributed by atoms with van der Waals surface area (Å²) in [6.45, 7) is 1.85. The molecule has 128 valence electrons. The number of nitrogens with zero attached hydrogens (tertiary/aromatic N) is 3. The Morgan fingerprint density at radius 3 is 2.64 bits per heavy atom. The third kappa shape index (κ3) is 4.25. The Balaban J connectivity index is 1.57. The molecular formula is C16H15N5O2S2. The van der Waals surface area contributed by atoms with Gasteiger partial charge in [-0.1, -0.05) is 36.0 Å². The fraction of sp³-hybridized carbons (Fsp3) is 0.125. The Labute approximate surface area is 152 Å². The van der Waals surface area contributed by atoms with E-state index in [0.717, 1.165) is 11.5 Å². The van der Waals surface area contributed by atoms with E-state index in [-0.39, 0.29) is 17.6 Å². The maximum atomic E-state index is 11.9. The molecule has 0 radical (unpaired) electrons. The standard InChI is InChI=1S/C16H15N5O2S2/c1-11-17-20-16(21(11)12-6-3-2-4-7-12)25-10-14(22)18-19-15(23)13-8-5-9-24-13/h2-9H,10H2,1H3,(H,18,22)(H,19,23). The van der Waals surface area contributed by atoms with Crippen LogP contribution in [0.25, 0.3) is 5.69 Å². The number of aromatic nitrogens is 3. The van der Waals surface area contributed by atoms with Crippen LogP contribution >= 0.6 is 23.1 Å². The van der Waals surface area contributed by atoms with E-state index in [9.17, 15) is 9.59 Å². The summed E-state index contributed by atoms with van der Waals surface area (Å²) in [5, 5.41) is 10.6. The lowest BCUT2D eigenvalue weighted by Gasteiger charge is -2.08. The molecule has 25 heavy (non-hydrogen) atoms. The number of thiophene rings is 1. The first-order chi connectivity index (χ1) is 12.1. The monoisotopic (exact) mass is 373 g/mol. The number of carbonyl (C=O) groups is 2. The molecule has 2 amide bonds. The van der Waals surface area contributed by atoms with E-state index < -0.39 is 0 Å². The fourth-order valence-electron chi connectivity index (χ4n) is 2.07. The van der Waals surface area contributed by atoms with Crippen molar-refractivity contribution in [3.8, 4) is 5.69 Å². The maximum Gasteiger partial charge on any atom is 0.279 e. The SMILES string of the molecule is Cc1nnc(SCC(=O)NNC(=O)c2cccs2)n1-c1ccccc1.